The smallest absolute Gasteiger partial charge is 0.115 e. The van der Waals surface area contributed by atoms with Crippen LogP contribution in [-0.2, 0) is 6.42 Å². The fraction of sp³-hybridized carbons (Fsp3) is 0.600. The normalized spacial score (nSPS) is 12.6. The summed E-state index contributed by atoms with van der Waals surface area (Å²) in [5.41, 5.74) is 1.34. The highest BCUT2D eigenvalue weighted by molar-refractivity contribution is 5.25. The van der Waals surface area contributed by atoms with E-state index in [9.17, 15) is 5.11 Å². The second kappa shape index (κ2) is 7.32. The quantitative estimate of drug-likeness (QED) is 0.715. The van der Waals surface area contributed by atoms with Gasteiger partial charge in [-0.15, -0.1) is 0 Å². The SMILES string of the molecule is CCCCC(CC)CCc1ccc(O)cc1. The van der Waals surface area contributed by atoms with Crippen LogP contribution in [0.3, 0.4) is 0 Å². The molecular formula is C15H24O. The summed E-state index contributed by atoms with van der Waals surface area (Å²) in [7, 11) is 0. The van der Waals surface area contributed by atoms with Crippen molar-refractivity contribution in [2.45, 2.75) is 52.4 Å². The summed E-state index contributed by atoms with van der Waals surface area (Å²) in [5.74, 6) is 1.23. The van der Waals surface area contributed by atoms with Gasteiger partial charge in [0.05, 0.1) is 0 Å². The fourth-order valence-electron chi connectivity index (χ4n) is 2.08. The molecule has 0 aliphatic heterocycles. The van der Waals surface area contributed by atoms with E-state index in [1.807, 2.05) is 12.1 Å². The molecule has 0 heterocycles. The maximum absolute atomic E-state index is 9.20. The molecule has 16 heavy (non-hydrogen) atoms. The molecule has 1 nitrogen and oxygen atoms in total. The number of hydrogen-bond donors (Lipinski definition) is 1. The summed E-state index contributed by atoms with van der Waals surface area (Å²) >= 11 is 0. The van der Waals surface area contributed by atoms with Crippen LogP contribution in [0.25, 0.3) is 0 Å². The zero-order chi connectivity index (χ0) is 11.8. The number of rotatable bonds is 7. The Morgan fingerprint density at radius 3 is 2.31 bits per heavy atom. The first-order valence-electron chi connectivity index (χ1n) is 6.54. The average Bonchev–Trinajstić information content (AvgIpc) is 2.32. The van der Waals surface area contributed by atoms with Gasteiger partial charge < -0.3 is 5.11 Å². The summed E-state index contributed by atoms with van der Waals surface area (Å²) < 4.78 is 0. The number of unbranched alkanes of at least 4 members (excludes halogenated alkanes) is 1. The van der Waals surface area contributed by atoms with Crippen molar-refractivity contribution in [3.63, 3.8) is 0 Å². The molecule has 1 aromatic carbocycles. The summed E-state index contributed by atoms with van der Waals surface area (Å²) in [6.45, 7) is 4.55. The lowest BCUT2D eigenvalue weighted by molar-refractivity contribution is 0.421. The number of phenolic OH excluding ortho intramolecular Hbond substituents is 1. The summed E-state index contributed by atoms with van der Waals surface area (Å²) in [5, 5.41) is 9.20. The van der Waals surface area contributed by atoms with Crippen molar-refractivity contribution in [3.8, 4) is 5.75 Å². The molecule has 0 radical (unpaired) electrons. The first-order valence-corrected chi connectivity index (χ1v) is 6.54. The minimum atomic E-state index is 0.363. The summed E-state index contributed by atoms with van der Waals surface area (Å²) in [6, 6.07) is 7.62. The molecule has 1 atom stereocenters. The van der Waals surface area contributed by atoms with E-state index in [1.54, 1.807) is 12.1 Å². The highest BCUT2D eigenvalue weighted by Crippen LogP contribution is 2.20. The van der Waals surface area contributed by atoms with Gasteiger partial charge in [-0.05, 0) is 36.5 Å². The van der Waals surface area contributed by atoms with Crippen molar-refractivity contribution < 1.29 is 5.11 Å². The maximum Gasteiger partial charge on any atom is 0.115 e. The van der Waals surface area contributed by atoms with Gasteiger partial charge in [-0.1, -0.05) is 51.7 Å². The Bertz CT molecular complexity index is 276. The predicted octanol–water partition coefficient (Wildman–Crippen LogP) is 4.54. The van der Waals surface area contributed by atoms with Crippen molar-refractivity contribution in [3.05, 3.63) is 29.8 Å². The van der Waals surface area contributed by atoms with Crippen molar-refractivity contribution in [1.29, 1.82) is 0 Å². The van der Waals surface area contributed by atoms with Crippen LogP contribution in [0.4, 0.5) is 0 Å². The van der Waals surface area contributed by atoms with Crippen molar-refractivity contribution >= 4 is 0 Å². The minimum Gasteiger partial charge on any atom is -0.508 e. The molecule has 0 fully saturated rings. The average molecular weight is 220 g/mol. The van der Waals surface area contributed by atoms with E-state index in [-0.39, 0.29) is 0 Å². The van der Waals surface area contributed by atoms with Crippen LogP contribution in [0.5, 0.6) is 5.75 Å². The highest BCUT2D eigenvalue weighted by atomic mass is 16.3. The molecule has 0 amide bonds. The highest BCUT2D eigenvalue weighted by Gasteiger charge is 2.05. The van der Waals surface area contributed by atoms with E-state index in [1.165, 1.54) is 37.7 Å². The van der Waals surface area contributed by atoms with Gasteiger partial charge in [0.15, 0.2) is 0 Å². The van der Waals surface area contributed by atoms with Crippen LogP contribution in [0.2, 0.25) is 0 Å². The lowest BCUT2D eigenvalue weighted by Gasteiger charge is -2.14. The van der Waals surface area contributed by atoms with Gasteiger partial charge in [-0.2, -0.15) is 0 Å². The molecule has 0 aliphatic rings. The molecule has 1 heteroatoms. The molecule has 0 spiro atoms. The largest absolute Gasteiger partial charge is 0.508 e. The van der Waals surface area contributed by atoms with E-state index in [0.29, 0.717) is 5.75 Å². The zero-order valence-electron chi connectivity index (χ0n) is 10.6. The Hall–Kier alpha value is -0.980. The van der Waals surface area contributed by atoms with Crippen LogP contribution in [0, 0.1) is 5.92 Å². The molecule has 1 unspecified atom stereocenters. The molecule has 0 aliphatic carbocycles. The topological polar surface area (TPSA) is 20.2 Å². The van der Waals surface area contributed by atoms with Gasteiger partial charge in [0, 0.05) is 0 Å². The van der Waals surface area contributed by atoms with Gasteiger partial charge >= 0.3 is 0 Å². The lowest BCUT2D eigenvalue weighted by atomic mass is 9.92. The number of aryl methyl sites for hydroxylation is 1. The van der Waals surface area contributed by atoms with Gasteiger partial charge in [-0.25, -0.2) is 0 Å². The van der Waals surface area contributed by atoms with Gasteiger partial charge in [0.25, 0.3) is 0 Å². The van der Waals surface area contributed by atoms with Crippen LogP contribution in [0.15, 0.2) is 24.3 Å². The first kappa shape index (κ1) is 13.1. The van der Waals surface area contributed by atoms with Crippen LogP contribution < -0.4 is 0 Å². The van der Waals surface area contributed by atoms with Crippen LogP contribution >= 0.6 is 0 Å². The Kier molecular flexibility index (Phi) is 5.99. The number of phenols is 1. The van der Waals surface area contributed by atoms with Gasteiger partial charge in [0.1, 0.15) is 5.75 Å². The van der Waals surface area contributed by atoms with E-state index >= 15 is 0 Å². The Morgan fingerprint density at radius 1 is 1.06 bits per heavy atom. The third-order valence-electron chi connectivity index (χ3n) is 3.32. The first-order chi connectivity index (χ1) is 7.76. The van der Waals surface area contributed by atoms with Gasteiger partial charge in [0.2, 0.25) is 0 Å². The minimum absolute atomic E-state index is 0.363. The Balaban J connectivity index is 2.34. The molecule has 0 saturated heterocycles. The predicted molar refractivity (Wildman–Crippen MR) is 69.7 cm³/mol. The second-order valence-electron chi connectivity index (χ2n) is 4.62. The number of aromatic hydroxyl groups is 1. The van der Waals surface area contributed by atoms with Gasteiger partial charge in [-0.3, -0.25) is 0 Å². The molecule has 0 aromatic heterocycles. The molecule has 1 N–H and O–H groups in total. The lowest BCUT2D eigenvalue weighted by Crippen LogP contribution is -2.01. The second-order valence-corrected chi connectivity index (χ2v) is 4.62. The van der Waals surface area contributed by atoms with Crippen LogP contribution in [-0.4, -0.2) is 5.11 Å². The number of benzene rings is 1. The van der Waals surface area contributed by atoms with Crippen LogP contribution in [0.1, 0.15) is 51.5 Å². The molecular weight excluding hydrogens is 196 g/mol. The maximum atomic E-state index is 9.20. The fourth-order valence-corrected chi connectivity index (χ4v) is 2.08. The third-order valence-corrected chi connectivity index (χ3v) is 3.32. The Morgan fingerprint density at radius 2 is 1.75 bits per heavy atom. The Labute approximate surface area is 99.5 Å². The van der Waals surface area contributed by atoms with E-state index in [0.717, 1.165) is 12.3 Å². The summed E-state index contributed by atoms with van der Waals surface area (Å²) in [6.07, 6.45) is 7.73. The monoisotopic (exact) mass is 220 g/mol. The third kappa shape index (κ3) is 4.69. The standard InChI is InChI=1S/C15H24O/c1-3-5-6-13(4-2)7-8-14-9-11-15(16)12-10-14/h9-13,16H,3-8H2,1-2H3. The zero-order valence-corrected chi connectivity index (χ0v) is 10.6. The van der Waals surface area contributed by atoms with Crippen molar-refractivity contribution in [1.82, 2.24) is 0 Å². The van der Waals surface area contributed by atoms with E-state index in [4.69, 9.17) is 0 Å². The van der Waals surface area contributed by atoms with Crippen molar-refractivity contribution in [2.24, 2.45) is 5.92 Å². The van der Waals surface area contributed by atoms with E-state index in [2.05, 4.69) is 13.8 Å². The molecule has 90 valence electrons. The van der Waals surface area contributed by atoms with Crippen molar-refractivity contribution in [2.75, 3.05) is 0 Å². The molecule has 0 saturated carbocycles. The molecule has 0 bridgehead atoms. The summed E-state index contributed by atoms with van der Waals surface area (Å²) in [4.78, 5) is 0. The molecule has 1 aromatic rings. The molecule has 1 rings (SSSR count). The van der Waals surface area contributed by atoms with E-state index < -0.39 is 0 Å². The number of hydrogen-bond acceptors (Lipinski definition) is 1.